The molecular weight excluding hydrogens is 915 g/mol. The molecule has 358 valence electrons. The number of anilines is 1. The first-order chi connectivity index (χ1) is 29.6. The molecule has 0 spiro atoms. The van der Waals surface area contributed by atoms with Gasteiger partial charge in [0.25, 0.3) is 0 Å². The number of aliphatic hydroxyl groups excluding tert-OH is 2. The highest BCUT2D eigenvalue weighted by Crippen LogP contribution is 2.61. The zero-order valence-corrected chi connectivity index (χ0v) is 38.8. The fraction of sp³-hybridized carbons (Fsp3) is 0.714. The van der Waals surface area contributed by atoms with E-state index in [0.717, 1.165) is 48.2 Å². The minimum Gasteiger partial charge on any atom is -0.386 e. The van der Waals surface area contributed by atoms with Gasteiger partial charge < -0.3 is 50.9 Å². The van der Waals surface area contributed by atoms with Crippen LogP contribution in [-0.4, -0.2) is 123 Å². The van der Waals surface area contributed by atoms with E-state index in [1.807, 2.05) is 6.08 Å². The van der Waals surface area contributed by atoms with Crippen molar-refractivity contribution in [2.45, 2.75) is 122 Å². The lowest BCUT2D eigenvalue weighted by atomic mass is 9.87. The number of nitrogen functional groups attached to an aromatic ring is 1. The maximum Gasteiger partial charge on any atom is 0.481 e. The maximum absolute atomic E-state index is 12.7. The lowest BCUT2D eigenvalue weighted by molar-refractivity contribution is -0.137. The Morgan fingerprint density at radius 3 is 2.29 bits per heavy atom. The van der Waals surface area contributed by atoms with Gasteiger partial charge in [0.15, 0.2) is 17.7 Å². The van der Waals surface area contributed by atoms with Gasteiger partial charge in [0.05, 0.1) is 19.5 Å². The number of thioether (sulfide) groups is 1. The molecule has 2 amide bonds. The SMILES string of the molecule is CCCCCCCCCCCC=CC(=O)SCCNC(=O)CCNC(=O)[C@H](O)C(C)(C)COP(=O)(O)OP(=O)(O)OC[C@H]1O[C@@H](n2cnc3c(N)ncnc32)[C@H](O)[C@@H]1OP(=O)(O)O. The number of carbonyl (C=O) groups excluding carboxylic acids is 3. The molecule has 1 fully saturated rings. The lowest BCUT2D eigenvalue weighted by Gasteiger charge is -2.30. The number of imidazole rings is 1. The van der Waals surface area contributed by atoms with Gasteiger partial charge in [-0.2, -0.15) is 4.31 Å². The minimum atomic E-state index is -5.57. The molecule has 3 heterocycles. The number of fused-ring (bicyclic) bond motifs is 1. The summed E-state index contributed by atoms with van der Waals surface area (Å²) in [5.74, 6) is -1.10. The molecule has 0 bridgehead atoms. The van der Waals surface area contributed by atoms with Gasteiger partial charge in [-0.1, -0.05) is 90.0 Å². The maximum atomic E-state index is 12.7. The van der Waals surface area contributed by atoms with E-state index in [2.05, 4.69) is 41.3 Å². The quantitative estimate of drug-likeness (QED) is 0.0308. The van der Waals surface area contributed by atoms with Gasteiger partial charge in [-0.3, -0.25) is 32.5 Å². The third-order valence-corrected chi connectivity index (χ3v) is 13.4. The number of nitrogens with zero attached hydrogens (tertiary/aromatic N) is 4. The van der Waals surface area contributed by atoms with Crippen molar-refractivity contribution in [3.8, 4) is 0 Å². The molecule has 0 aromatic carbocycles. The monoisotopic (exact) mass is 975 g/mol. The summed E-state index contributed by atoms with van der Waals surface area (Å²) in [6.45, 7) is 2.72. The van der Waals surface area contributed by atoms with Gasteiger partial charge in [0.2, 0.25) is 16.9 Å². The van der Waals surface area contributed by atoms with Crippen molar-refractivity contribution in [3.63, 3.8) is 0 Å². The molecule has 2 aromatic heterocycles. The Morgan fingerprint density at radius 2 is 1.62 bits per heavy atom. The van der Waals surface area contributed by atoms with E-state index in [0.29, 0.717) is 5.75 Å². The molecule has 63 heavy (non-hydrogen) atoms. The molecule has 0 aliphatic carbocycles. The summed E-state index contributed by atoms with van der Waals surface area (Å²) < 4.78 is 62.3. The number of rotatable bonds is 30. The number of aromatic nitrogens is 4. The molecule has 24 nitrogen and oxygen atoms in total. The zero-order valence-electron chi connectivity index (χ0n) is 35.3. The number of amides is 2. The van der Waals surface area contributed by atoms with Crippen LogP contribution in [0.3, 0.4) is 0 Å². The number of hydrogen-bond donors (Lipinski definition) is 9. The smallest absolute Gasteiger partial charge is 0.386 e. The Labute approximate surface area is 368 Å². The average Bonchev–Trinajstić information content (AvgIpc) is 3.76. The molecule has 0 saturated carbocycles. The van der Waals surface area contributed by atoms with E-state index in [1.165, 1.54) is 58.8 Å². The van der Waals surface area contributed by atoms with Crippen LogP contribution < -0.4 is 16.4 Å². The first-order valence-corrected chi connectivity index (χ1v) is 25.8. The number of phosphoric acid groups is 3. The van der Waals surface area contributed by atoms with Gasteiger partial charge in [-0.25, -0.2) is 28.6 Å². The first-order valence-electron chi connectivity index (χ1n) is 20.3. The Bertz CT molecular complexity index is 1970. The van der Waals surface area contributed by atoms with E-state index in [-0.39, 0.29) is 41.6 Å². The number of nitrogens with one attached hydrogen (secondary N) is 2. The summed E-state index contributed by atoms with van der Waals surface area (Å²) in [4.78, 5) is 88.0. The summed E-state index contributed by atoms with van der Waals surface area (Å²) in [6, 6.07) is 0. The second-order valence-corrected chi connectivity index (χ2v) is 20.6. The number of allylic oxidation sites excluding steroid dienone is 1. The van der Waals surface area contributed by atoms with Crippen molar-refractivity contribution in [3.05, 3.63) is 24.8 Å². The van der Waals surface area contributed by atoms with Gasteiger partial charge >= 0.3 is 23.5 Å². The number of phosphoric ester groups is 3. The van der Waals surface area contributed by atoms with Crippen LogP contribution in [0.15, 0.2) is 24.8 Å². The van der Waals surface area contributed by atoms with Crippen LogP contribution in [0.5, 0.6) is 0 Å². The van der Waals surface area contributed by atoms with Crippen LogP contribution in [0.2, 0.25) is 0 Å². The normalized spacial score (nSPS) is 20.7. The number of ether oxygens (including phenoxy) is 1. The fourth-order valence-electron chi connectivity index (χ4n) is 6.08. The third-order valence-electron chi connectivity index (χ3n) is 9.47. The summed E-state index contributed by atoms with van der Waals surface area (Å²) in [5, 5.41) is 26.4. The first kappa shape index (κ1) is 54.6. The number of unbranched alkanes of at least 4 members (excludes halogenated alkanes) is 9. The standard InChI is InChI=1S/C35H60N7O17P3S/c1-4-5-6-7-8-9-10-11-12-13-14-15-26(44)63-19-18-37-25(43)16-17-38-33(47)30(46)35(2,3)21-56-62(53,54)59-61(51,52)55-20-24-29(58-60(48,49)50)28(45)34(57-24)42-23-41-27-31(36)39-22-40-32(27)42/h14-15,22-24,28-30,34,45-46H,4-13,16-21H2,1-3H3,(H,37,43)(H,38,47)(H,51,52)(H,53,54)(H2,36,39,40)(H2,48,49,50)/t24-,28-,29-,30+,34-/m1/s1. The average molecular weight is 976 g/mol. The molecule has 1 aliphatic rings. The van der Waals surface area contributed by atoms with Crippen LogP contribution in [0, 0.1) is 5.41 Å². The third kappa shape index (κ3) is 19.4. The Kier molecular flexibility index (Phi) is 22.4. The molecule has 0 radical (unpaired) electrons. The van der Waals surface area contributed by atoms with Crippen molar-refractivity contribution in [1.82, 2.24) is 30.2 Å². The van der Waals surface area contributed by atoms with Crippen LogP contribution >= 0.6 is 35.2 Å². The predicted octanol–water partition coefficient (Wildman–Crippen LogP) is 3.14. The van der Waals surface area contributed by atoms with Gasteiger partial charge in [-0.15, -0.1) is 0 Å². The summed E-state index contributed by atoms with van der Waals surface area (Å²) in [6.07, 6.45) is 8.37. The van der Waals surface area contributed by atoms with Gasteiger partial charge in [0.1, 0.15) is 36.3 Å². The number of carbonyl (C=O) groups is 3. The molecular formula is C35H60N7O17P3S. The fourth-order valence-corrected chi connectivity index (χ4v) is 9.51. The highest BCUT2D eigenvalue weighted by molar-refractivity contribution is 8.14. The molecule has 28 heteroatoms. The molecule has 3 rings (SSSR count). The number of hydrogen-bond acceptors (Lipinski definition) is 18. The zero-order chi connectivity index (χ0) is 46.8. The van der Waals surface area contributed by atoms with Gasteiger partial charge in [0, 0.05) is 30.7 Å². The molecule has 2 aromatic rings. The molecule has 2 unspecified atom stereocenters. The van der Waals surface area contributed by atoms with Crippen molar-refractivity contribution in [2.24, 2.45) is 5.41 Å². The van der Waals surface area contributed by atoms with E-state index < -0.39 is 84.6 Å². The predicted molar refractivity (Wildman–Crippen MR) is 228 cm³/mol. The van der Waals surface area contributed by atoms with Crippen LogP contribution in [0.25, 0.3) is 11.2 Å². The molecule has 1 aliphatic heterocycles. The summed E-state index contributed by atoms with van der Waals surface area (Å²) in [7, 11) is -16.4. The van der Waals surface area contributed by atoms with E-state index >= 15 is 0 Å². The van der Waals surface area contributed by atoms with Crippen LogP contribution in [0.4, 0.5) is 5.82 Å². The second kappa shape index (κ2) is 25.9. The van der Waals surface area contributed by atoms with Crippen molar-refractivity contribution >= 4 is 69.1 Å². The molecule has 10 N–H and O–H groups in total. The largest absolute Gasteiger partial charge is 0.481 e. The highest BCUT2D eigenvalue weighted by Gasteiger charge is 2.50. The van der Waals surface area contributed by atoms with E-state index in [4.69, 9.17) is 19.5 Å². The lowest BCUT2D eigenvalue weighted by Crippen LogP contribution is -2.46. The van der Waals surface area contributed by atoms with Crippen molar-refractivity contribution < 1.29 is 80.5 Å². The number of aliphatic hydroxyl groups is 2. The Hall–Kier alpha value is -2.70. The van der Waals surface area contributed by atoms with Crippen LogP contribution in [-0.2, 0) is 50.7 Å². The van der Waals surface area contributed by atoms with Crippen LogP contribution in [0.1, 0.15) is 97.6 Å². The van der Waals surface area contributed by atoms with E-state index in [9.17, 15) is 57.9 Å². The number of nitrogens with two attached hydrogens (primary N) is 1. The molecule has 1 saturated heterocycles. The summed E-state index contributed by atoms with van der Waals surface area (Å²) >= 11 is 1.06. The summed E-state index contributed by atoms with van der Waals surface area (Å²) in [5.41, 5.74) is 4.28. The second-order valence-electron chi connectivity index (χ2n) is 15.3. The van der Waals surface area contributed by atoms with Crippen molar-refractivity contribution in [1.29, 1.82) is 0 Å². The van der Waals surface area contributed by atoms with Gasteiger partial charge in [-0.05, 0) is 18.9 Å². The highest BCUT2D eigenvalue weighted by atomic mass is 32.2. The van der Waals surface area contributed by atoms with Crippen molar-refractivity contribution in [2.75, 3.05) is 37.8 Å². The minimum absolute atomic E-state index is 0.0320. The topological polar surface area (TPSA) is 364 Å². The Balaban J connectivity index is 1.37. The van der Waals surface area contributed by atoms with E-state index in [1.54, 1.807) is 6.08 Å². The molecule has 7 atom stereocenters. The Morgan fingerprint density at radius 1 is 0.968 bits per heavy atom.